The van der Waals surface area contributed by atoms with Crippen LogP contribution in [0.4, 0.5) is 5.69 Å². The van der Waals surface area contributed by atoms with Crippen LogP contribution in [0.3, 0.4) is 0 Å². The number of pyridine rings is 1. The van der Waals surface area contributed by atoms with Gasteiger partial charge in [-0.05, 0) is 31.0 Å². The van der Waals surface area contributed by atoms with E-state index in [0.717, 1.165) is 25.9 Å². The number of nitrogens with zero attached hydrogens (tertiary/aromatic N) is 2. The van der Waals surface area contributed by atoms with Gasteiger partial charge in [0.2, 0.25) is 0 Å². The van der Waals surface area contributed by atoms with Crippen LogP contribution in [0.1, 0.15) is 33.6 Å². The molecule has 26 heavy (non-hydrogen) atoms. The van der Waals surface area contributed by atoms with Crippen molar-refractivity contribution in [3.8, 4) is 11.5 Å². The Morgan fingerprint density at radius 1 is 1.00 bits per heavy atom. The minimum atomic E-state index is -0.346. The number of benzene rings is 1. The van der Waals surface area contributed by atoms with E-state index in [2.05, 4.69) is 10.3 Å². The molecule has 7 nitrogen and oxygen atoms in total. The molecule has 2 amide bonds. The van der Waals surface area contributed by atoms with Gasteiger partial charge in [-0.15, -0.1) is 0 Å². The molecular formula is C19H21N3O4. The summed E-state index contributed by atoms with van der Waals surface area (Å²) in [7, 11) is 3.07. The Bertz CT molecular complexity index is 816. The number of methoxy groups -OCH3 is 2. The van der Waals surface area contributed by atoms with E-state index in [0.29, 0.717) is 28.3 Å². The number of carbonyl (C=O) groups is 2. The summed E-state index contributed by atoms with van der Waals surface area (Å²) in [4.78, 5) is 30.8. The van der Waals surface area contributed by atoms with E-state index in [4.69, 9.17) is 9.47 Å². The van der Waals surface area contributed by atoms with Gasteiger partial charge in [0.25, 0.3) is 11.8 Å². The molecule has 1 aliphatic heterocycles. The Labute approximate surface area is 151 Å². The van der Waals surface area contributed by atoms with Gasteiger partial charge >= 0.3 is 0 Å². The number of ether oxygens (including phenoxy) is 2. The van der Waals surface area contributed by atoms with Crippen LogP contribution in [0.15, 0.2) is 36.7 Å². The van der Waals surface area contributed by atoms with Crippen LogP contribution in [-0.4, -0.2) is 49.0 Å². The van der Waals surface area contributed by atoms with E-state index in [1.54, 1.807) is 36.3 Å². The van der Waals surface area contributed by atoms with Crippen molar-refractivity contribution in [3.05, 3.63) is 47.8 Å². The Balaban J connectivity index is 1.76. The van der Waals surface area contributed by atoms with Crippen molar-refractivity contribution in [2.75, 3.05) is 32.6 Å². The highest BCUT2D eigenvalue weighted by Crippen LogP contribution is 2.29. The van der Waals surface area contributed by atoms with Crippen molar-refractivity contribution in [1.82, 2.24) is 9.88 Å². The van der Waals surface area contributed by atoms with Crippen molar-refractivity contribution in [3.63, 3.8) is 0 Å². The molecule has 0 saturated carbocycles. The van der Waals surface area contributed by atoms with Gasteiger partial charge in [0.1, 0.15) is 0 Å². The lowest BCUT2D eigenvalue weighted by molar-refractivity contribution is 0.0792. The Kier molecular flexibility index (Phi) is 5.36. The lowest BCUT2D eigenvalue weighted by Gasteiger charge is -2.15. The first-order chi connectivity index (χ1) is 12.6. The molecule has 0 atom stereocenters. The summed E-state index contributed by atoms with van der Waals surface area (Å²) in [6.07, 6.45) is 4.96. The maximum absolute atomic E-state index is 12.5. The van der Waals surface area contributed by atoms with Crippen LogP contribution in [-0.2, 0) is 0 Å². The Morgan fingerprint density at radius 3 is 2.38 bits per heavy atom. The monoisotopic (exact) mass is 355 g/mol. The highest BCUT2D eigenvalue weighted by atomic mass is 16.5. The largest absolute Gasteiger partial charge is 0.493 e. The van der Waals surface area contributed by atoms with E-state index in [1.165, 1.54) is 19.5 Å². The van der Waals surface area contributed by atoms with E-state index in [1.807, 2.05) is 0 Å². The second-order valence-corrected chi connectivity index (χ2v) is 5.99. The highest BCUT2D eigenvalue weighted by molar-refractivity contribution is 6.06. The van der Waals surface area contributed by atoms with E-state index < -0.39 is 0 Å². The van der Waals surface area contributed by atoms with E-state index >= 15 is 0 Å². The molecule has 1 fully saturated rings. The first-order valence-electron chi connectivity index (χ1n) is 8.40. The number of amides is 2. The smallest absolute Gasteiger partial charge is 0.257 e. The van der Waals surface area contributed by atoms with Crippen molar-refractivity contribution in [2.24, 2.45) is 0 Å². The van der Waals surface area contributed by atoms with Crippen LogP contribution in [0.25, 0.3) is 0 Å². The van der Waals surface area contributed by atoms with Gasteiger partial charge in [-0.1, -0.05) is 0 Å². The number of carbonyl (C=O) groups excluding carboxylic acids is 2. The molecule has 1 N–H and O–H groups in total. The summed E-state index contributed by atoms with van der Waals surface area (Å²) in [6.45, 7) is 1.50. The molecule has 1 aliphatic rings. The predicted molar refractivity (Wildman–Crippen MR) is 96.9 cm³/mol. The van der Waals surface area contributed by atoms with Crippen LogP contribution in [0, 0.1) is 0 Å². The van der Waals surface area contributed by atoms with Gasteiger partial charge in [0, 0.05) is 37.2 Å². The predicted octanol–water partition coefficient (Wildman–Crippen LogP) is 2.59. The maximum Gasteiger partial charge on any atom is 0.257 e. The fourth-order valence-corrected chi connectivity index (χ4v) is 2.90. The zero-order valence-electron chi connectivity index (χ0n) is 14.8. The number of nitrogens with one attached hydrogen (secondary N) is 1. The summed E-state index contributed by atoms with van der Waals surface area (Å²) in [6, 6.07) is 6.67. The molecule has 0 aliphatic carbocycles. The van der Waals surface area contributed by atoms with Gasteiger partial charge in [-0.3, -0.25) is 14.6 Å². The zero-order chi connectivity index (χ0) is 18.5. The highest BCUT2D eigenvalue weighted by Gasteiger charge is 2.20. The SMILES string of the molecule is COc1ccc(NC(=O)c2cncc(C(=O)N3CCCC3)c2)cc1OC. The molecule has 0 bridgehead atoms. The number of hydrogen-bond donors (Lipinski definition) is 1. The van der Waals surface area contributed by atoms with Crippen LogP contribution < -0.4 is 14.8 Å². The fourth-order valence-electron chi connectivity index (χ4n) is 2.90. The Hall–Kier alpha value is -3.09. The van der Waals surface area contributed by atoms with Crippen molar-refractivity contribution in [2.45, 2.75) is 12.8 Å². The lowest BCUT2D eigenvalue weighted by Crippen LogP contribution is -2.28. The topological polar surface area (TPSA) is 80.8 Å². The lowest BCUT2D eigenvalue weighted by atomic mass is 10.1. The zero-order valence-corrected chi connectivity index (χ0v) is 14.8. The minimum absolute atomic E-state index is 0.0873. The number of rotatable bonds is 5. The van der Waals surface area contributed by atoms with E-state index in [9.17, 15) is 9.59 Å². The van der Waals surface area contributed by atoms with Crippen LogP contribution in [0.2, 0.25) is 0 Å². The molecule has 0 radical (unpaired) electrons. The number of likely N-dealkylation sites (tertiary alicyclic amines) is 1. The Morgan fingerprint density at radius 2 is 1.69 bits per heavy atom. The third-order valence-electron chi connectivity index (χ3n) is 4.28. The van der Waals surface area contributed by atoms with Gasteiger partial charge < -0.3 is 19.7 Å². The number of aromatic nitrogens is 1. The summed E-state index contributed by atoms with van der Waals surface area (Å²) in [5, 5.41) is 2.78. The molecule has 0 spiro atoms. The number of hydrogen-bond acceptors (Lipinski definition) is 5. The normalized spacial score (nSPS) is 13.4. The molecule has 1 saturated heterocycles. The molecule has 0 unspecified atom stereocenters. The third-order valence-corrected chi connectivity index (χ3v) is 4.28. The molecular weight excluding hydrogens is 334 g/mol. The standard InChI is InChI=1S/C19H21N3O4/c1-25-16-6-5-15(10-17(16)26-2)21-18(23)13-9-14(12-20-11-13)19(24)22-7-3-4-8-22/h5-6,9-12H,3-4,7-8H2,1-2H3,(H,21,23). The van der Waals surface area contributed by atoms with Gasteiger partial charge in [-0.2, -0.15) is 0 Å². The van der Waals surface area contributed by atoms with E-state index in [-0.39, 0.29) is 11.8 Å². The molecule has 136 valence electrons. The maximum atomic E-state index is 12.5. The minimum Gasteiger partial charge on any atom is -0.493 e. The second-order valence-electron chi connectivity index (χ2n) is 5.99. The van der Waals surface area contributed by atoms with Crippen molar-refractivity contribution >= 4 is 17.5 Å². The van der Waals surface area contributed by atoms with Crippen LogP contribution in [0.5, 0.6) is 11.5 Å². The van der Waals surface area contributed by atoms with Gasteiger partial charge in [-0.25, -0.2) is 0 Å². The molecule has 7 heteroatoms. The second kappa shape index (κ2) is 7.86. The quantitative estimate of drug-likeness (QED) is 0.892. The summed E-state index contributed by atoms with van der Waals surface area (Å²) in [5.41, 5.74) is 1.31. The third kappa shape index (κ3) is 3.77. The summed E-state index contributed by atoms with van der Waals surface area (Å²) in [5.74, 6) is 0.656. The first kappa shape index (κ1) is 17.7. The summed E-state index contributed by atoms with van der Waals surface area (Å²) < 4.78 is 10.4. The van der Waals surface area contributed by atoms with Crippen LogP contribution >= 0.6 is 0 Å². The molecule has 2 heterocycles. The molecule has 2 aromatic rings. The van der Waals surface area contributed by atoms with Gasteiger partial charge in [0.05, 0.1) is 25.3 Å². The fraction of sp³-hybridized carbons (Fsp3) is 0.316. The first-order valence-corrected chi connectivity index (χ1v) is 8.40. The average Bonchev–Trinajstić information content (AvgIpc) is 3.22. The average molecular weight is 355 g/mol. The van der Waals surface area contributed by atoms with Crippen molar-refractivity contribution < 1.29 is 19.1 Å². The molecule has 1 aromatic carbocycles. The molecule has 1 aromatic heterocycles. The summed E-state index contributed by atoms with van der Waals surface area (Å²) >= 11 is 0. The van der Waals surface area contributed by atoms with Gasteiger partial charge in [0.15, 0.2) is 11.5 Å². The number of anilines is 1. The molecule has 3 rings (SSSR count). The van der Waals surface area contributed by atoms with Crippen molar-refractivity contribution in [1.29, 1.82) is 0 Å².